The SMILES string of the molecule is CCn1cc(C(=O)Nc2cccc(Cl)c2Cl)cn1. The normalized spacial score (nSPS) is 10.4. The number of anilines is 1. The number of amides is 1. The lowest BCUT2D eigenvalue weighted by atomic mass is 10.3. The van der Waals surface area contributed by atoms with Gasteiger partial charge in [-0.05, 0) is 19.1 Å². The van der Waals surface area contributed by atoms with Crippen molar-refractivity contribution in [2.24, 2.45) is 0 Å². The number of benzene rings is 1. The molecule has 0 aliphatic heterocycles. The molecule has 2 rings (SSSR count). The van der Waals surface area contributed by atoms with E-state index in [0.717, 1.165) is 0 Å². The monoisotopic (exact) mass is 283 g/mol. The molecule has 4 nitrogen and oxygen atoms in total. The van der Waals surface area contributed by atoms with Crippen LogP contribution < -0.4 is 5.32 Å². The third kappa shape index (κ3) is 2.66. The van der Waals surface area contributed by atoms with Crippen LogP contribution in [0.1, 0.15) is 17.3 Å². The molecular formula is C12H11Cl2N3O. The Bertz CT molecular complexity index is 580. The van der Waals surface area contributed by atoms with Crippen molar-refractivity contribution in [1.82, 2.24) is 9.78 Å². The lowest BCUT2D eigenvalue weighted by Crippen LogP contribution is -2.11. The van der Waals surface area contributed by atoms with Gasteiger partial charge in [0.25, 0.3) is 5.91 Å². The van der Waals surface area contributed by atoms with Gasteiger partial charge in [-0.1, -0.05) is 29.3 Å². The molecule has 0 spiro atoms. The quantitative estimate of drug-likeness (QED) is 0.938. The second-order valence-corrected chi connectivity index (χ2v) is 4.43. The van der Waals surface area contributed by atoms with Gasteiger partial charge in [0.05, 0.1) is 27.5 Å². The molecule has 0 aliphatic rings. The van der Waals surface area contributed by atoms with E-state index in [4.69, 9.17) is 23.2 Å². The molecular weight excluding hydrogens is 273 g/mol. The number of halogens is 2. The summed E-state index contributed by atoms with van der Waals surface area (Å²) in [7, 11) is 0. The highest BCUT2D eigenvalue weighted by Crippen LogP contribution is 2.29. The Balaban J connectivity index is 2.18. The van der Waals surface area contributed by atoms with Crippen LogP contribution in [-0.2, 0) is 6.54 Å². The summed E-state index contributed by atoms with van der Waals surface area (Å²) in [5.41, 5.74) is 0.964. The van der Waals surface area contributed by atoms with Gasteiger partial charge in [-0.2, -0.15) is 5.10 Å². The number of carbonyl (C=O) groups is 1. The first kappa shape index (κ1) is 12.9. The zero-order valence-electron chi connectivity index (χ0n) is 9.65. The van der Waals surface area contributed by atoms with Crippen LogP contribution in [0.2, 0.25) is 10.0 Å². The molecule has 0 radical (unpaired) electrons. The molecule has 1 amide bonds. The minimum Gasteiger partial charge on any atom is -0.320 e. The zero-order valence-corrected chi connectivity index (χ0v) is 11.2. The predicted octanol–water partition coefficient (Wildman–Crippen LogP) is 3.46. The maximum atomic E-state index is 11.9. The second kappa shape index (κ2) is 5.42. The first-order chi connectivity index (χ1) is 8.61. The van der Waals surface area contributed by atoms with Crippen LogP contribution in [0.25, 0.3) is 0 Å². The van der Waals surface area contributed by atoms with Gasteiger partial charge >= 0.3 is 0 Å². The van der Waals surface area contributed by atoms with Crippen molar-refractivity contribution in [1.29, 1.82) is 0 Å². The minimum atomic E-state index is -0.265. The third-order valence-corrected chi connectivity index (χ3v) is 3.24. The summed E-state index contributed by atoms with van der Waals surface area (Å²) in [5.74, 6) is -0.265. The van der Waals surface area contributed by atoms with Gasteiger partial charge in [0.15, 0.2) is 0 Å². The Morgan fingerprint density at radius 1 is 1.44 bits per heavy atom. The number of rotatable bonds is 3. The summed E-state index contributed by atoms with van der Waals surface area (Å²) in [6.07, 6.45) is 3.19. The highest BCUT2D eigenvalue weighted by Gasteiger charge is 2.11. The maximum Gasteiger partial charge on any atom is 0.258 e. The average Bonchev–Trinajstić information content (AvgIpc) is 2.83. The molecule has 1 heterocycles. The van der Waals surface area contributed by atoms with Crippen LogP contribution in [0.3, 0.4) is 0 Å². The molecule has 0 bridgehead atoms. The Morgan fingerprint density at radius 2 is 2.22 bits per heavy atom. The minimum absolute atomic E-state index is 0.265. The fraction of sp³-hybridized carbons (Fsp3) is 0.167. The highest BCUT2D eigenvalue weighted by molar-refractivity contribution is 6.44. The van der Waals surface area contributed by atoms with E-state index in [-0.39, 0.29) is 5.91 Å². The first-order valence-electron chi connectivity index (χ1n) is 5.39. The molecule has 1 aromatic carbocycles. The number of carbonyl (C=O) groups excluding carboxylic acids is 1. The summed E-state index contributed by atoms with van der Waals surface area (Å²) in [6.45, 7) is 2.66. The van der Waals surface area contributed by atoms with Crippen molar-refractivity contribution in [2.75, 3.05) is 5.32 Å². The van der Waals surface area contributed by atoms with Crippen LogP contribution in [0.5, 0.6) is 0 Å². The van der Waals surface area contributed by atoms with Crippen molar-refractivity contribution < 1.29 is 4.79 Å². The Labute approximate surface area is 115 Å². The molecule has 18 heavy (non-hydrogen) atoms. The summed E-state index contributed by atoms with van der Waals surface area (Å²) < 4.78 is 1.68. The Kier molecular flexibility index (Phi) is 3.89. The van der Waals surface area contributed by atoms with Crippen LogP contribution >= 0.6 is 23.2 Å². The number of nitrogens with zero attached hydrogens (tertiary/aromatic N) is 2. The lowest BCUT2D eigenvalue weighted by molar-refractivity contribution is 0.102. The number of nitrogens with one attached hydrogen (secondary N) is 1. The second-order valence-electron chi connectivity index (χ2n) is 3.64. The van der Waals surface area contributed by atoms with Gasteiger partial charge in [0.2, 0.25) is 0 Å². The van der Waals surface area contributed by atoms with E-state index in [1.165, 1.54) is 6.20 Å². The van der Waals surface area contributed by atoms with Gasteiger partial charge < -0.3 is 5.32 Å². The van der Waals surface area contributed by atoms with Gasteiger partial charge in [-0.15, -0.1) is 0 Å². The van der Waals surface area contributed by atoms with Crippen molar-refractivity contribution in [3.8, 4) is 0 Å². The van der Waals surface area contributed by atoms with Crippen molar-refractivity contribution in [3.05, 3.63) is 46.2 Å². The van der Waals surface area contributed by atoms with Crippen LogP contribution in [0.4, 0.5) is 5.69 Å². The number of aryl methyl sites for hydroxylation is 1. The van der Waals surface area contributed by atoms with Gasteiger partial charge in [0, 0.05) is 12.7 Å². The van der Waals surface area contributed by atoms with Gasteiger partial charge in [-0.25, -0.2) is 0 Å². The van der Waals surface area contributed by atoms with E-state index in [2.05, 4.69) is 10.4 Å². The Hall–Kier alpha value is -1.52. The molecule has 0 unspecified atom stereocenters. The van der Waals surface area contributed by atoms with E-state index >= 15 is 0 Å². The number of hydrogen-bond acceptors (Lipinski definition) is 2. The molecule has 2 aromatic rings. The molecule has 0 atom stereocenters. The molecule has 0 fully saturated rings. The summed E-state index contributed by atoms with van der Waals surface area (Å²) >= 11 is 11.9. The third-order valence-electron chi connectivity index (χ3n) is 2.42. The predicted molar refractivity (Wildman–Crippen MR) is 72.3 cm³/mol. The molecule has 0 saturated carbocycles. The average molecular weight is 284 g/mol. The largest absolute Gasteiger partial charge is 0.320 e. The summed E-state index contributed by atoms with van der Waals surface area (Å²) in [4.78, 5) is 11.9. The molecule has 0 saturated heterocycles. The van der Waals surface area contributed by atoms with E-state index in [1.54, 1.807) is 29.1 Å². The van der Waals surface area contributed by atoms with Crippen molar-refractivity contribution in [2.45, 2.75) is 13.5 Å². The van der Waals surface area contributed by atoms with Crippen LogP contribution in [0, 0.1) is 0 Å². The van der Waals surface area contributed by atoms with Gasteiger partial charge in [-0.3, -0.25) is 9.48 Å². The number of aromatic nitrogens is 2. The zero-order chi connectivity index (χ0) is 13.1. The van der Waals surface area contributed by atoms with Crippen LogP contribution in [0.15, 0.2) is 30.6 Å². The highest BCUT2D eigenvalue weighted by atomic mass is 35.5. The maximum absolute atomic E-state index is 11.9. The van der Waals surface area contributed by atoms with E-state index in [9.17, 15) is 4.79 Å². The van der Waals surface area contributed by atoms with Crippen LogP contribution in [-0.4, -0.2) is 15.7 Å². The molecule has 1 N–H and O–H groups in total. The standard InChI is InChI=1S/C12H11Cl2N3O/c1-2-17-7-8(6-15-17)12(18)16-10-5-3-4-9(13)11(10)14/h3-7H,2H2,1H3,(H,16,18). The smallest absolute Gasteiger partial charge is 0.258 e. The summed E-state index contributed by atoms with van der Waals surface area (Å²) in [6, 6.07) is 5.07. The topological polar surface area (TPSA) is 46.9 Å². The van der Waals surface area contributed by atoms with Crippen molar-refractivity contribution in [3.63, 3.8) is 0 Å². The lowest BCUT2D eigenvalue weighted by Gasteiger charge is -2.06. The molecule has 0 aliphatic carbocycles. The van der Waals surface area contributed by atoms with E-state index in [0.29, 0.717) is 27.8 Å². The van der Waals surface area contributed by atoms with Crippen molar-refractivity contribution >= 4 is 34.8 Å². The first-order valence-corrected chi connectivity index (χ1v) is 6.15. The fourth-order valence-electron chi connectivity index (χ4n) is 1.45. The number of hydrogen-bond donors (Lipinski definition) is 1. The van der Waals surface area contributed by atoms with E-state index in [1.807, 2.05) is 6.92 Å². The van der Waals surface area contributed by atoms with Gasteiger partial charge in [0.1, 0.15) is 0 Å². The molecule has 6 heteroatoms. The summed E-state index contributed by atoms with van der Waals surface area (Å²) in [5, 5.41) is 7.46. The molecule has 1 aromatic heterocycles. The Morgan fingerprint density at radius 3 is 2.89 bits per heavy atom. The van der Waals surface area contributed by atoms with E-state index < -0.39 is 0 Å². The fourth-order valence-corrected chi connectivity index (χ4v) is 1.80. The molecule has 94 valence electrons.